The number of nitrogens with zero attached hydrogens (tertiary/aromatic N) is 2. The van der Waals surface area contributed by atoms with Crippen LogP contribution in [0.5, 0.6) is 0 Å². The fraction of sp³-hybridized carbons (Fsp3) is 0.154. The number of hydrogen-bond acceptors (Lipinski definition) is 5. The molecule has 0 aliphatic carbocycles. The van der Waals surface area contributed by atoms with Crippen molar-refractivity contribution < 1.29 is 9.90 Å². The van der Waals surface area contributed by atoms with Gasteiger partial charge in [-0.05, 0) is 30.7 Å². The van der Waals surface area contributed by atoms with Crippen LogP contribution in [0.15, 0.2) is 35.1 Å². The Labute approximate surface area is 124 Å². The van der Waals surface area contributed by atoms with Crippen molar-refractivity contribution in [2.45, 2.75) is 6.92 Å². The number of aromatic nitrogens is 2. The molecule has 3 N–H and O–H groups in total. The maximum Gasteiger partial charge on any atom is 0.322 e. The molecule has 7 heteroatoms. The minimum absolute atomic E-state index is 0.216. The zero-order valence-corrected chi connectivity index (χ0v) is 12.3. The number of carboxylic acid groups (broad SMARTS) is 1. The summed E-state index contributed by atoms with van der Waals surface area (Å²) in [6, 6.07) is 5.80. The monoisotopic (exact) mass is 336 g/mol. The number of carboxylic acids is 1. The highest BCUT2D eigenvalue weighted by Crippen LogP contribution is 2.25. The van der Waals surface area contributed by atoms with Crippen LogP contribution in [0.4, 0.5) is 17.3 Å². The van der Waals surface area contributed by atoms with Crippen LogP contribution >= 0.6 is 15.9 Å². The minimum atomic E-state index is -0.957. The van der Waals surface area contributed by atoms with Gasteiger partial charge in [-0.15, -0.1) is 0 Å². The van der Waals surface area contributed by atoms with Crippen LogP contribution in [0.2, 0.25) is 0 Å². The van der Waals surface area contributed by atoms with Crippen molar-refractivity contribution in [2.24, 2.45) is 0 Å². The number of hydrogen-bond donors (Lipinski definition) is 3. The molecule has 0 unspecified atom stereocenters. The molecule has 0 fully saturated rings. The molecule has 0 radical (unpaired) electrons. The third-order valence-electron chi connectivity index (χ3n) is 2.55. The zero-order chi connectivity index (χ0) is 14.5. The van der Waals surface area contributed by atoms with Crippen molar-refractivity contribution in [1.29, 1.82) is 0 Å². The summed E-state index contributed by atoms with van der Waals surface area (Å²) in [6.45, 7) is 1.75. The average Bonchev–Trinajstić information content (AvgIpc) is 2.41. The molecule has 0 amide bonds. The van der Waals surface area contributed by atoms with E-state index in [0.717, 1.165) is 15.7 Å². The van der Waals surface area contributed by atoms with E-state index >= 15 is 0 Å². The molecule has 0 atom stereocenters. The number of benzene rings is 1. The number of halogens is 1. The fourth-order valence-electron chi connectivity index (χ4n) is 1.61. The Bertz CT molecular complexity index is 634. The highest BCUT2D eigenvalue weighted by atomic mass is 79.9. The molecule has 6 nitrogen and oxygen atoms in total. The second-order valence-electron chi connectivity index (χ2n) is 4.09. The predicted molar refractivity (Wildman–Crippen MR) is 80.3 cm³/mol. The van der Waals surface area contributed by atoms with Gasteiger partial charge in [0.05, 0.1) is 0 Å². The van der Waals surface area contributed by atoms with Gasteiger partial charge >= 0.3 is 5.97 Å². The molecule has 1 aromatic carbocycles. The Morgan fingerprint density at radius 2 is 2.00 bits per heavy atom. The van der Waals surface area contributed by atoms with Gasteiger partial charge in [0.15, 0.2) is 11.6 Å². The first kappa shape index (κ1) is 14.3. The second-order valence-corrected chi connectivity index (χ2v) is 5.00. The van der Waals surface area contributed by atoms with E-state index in [1.807, 2.05) is 25.1 Å². The van der Waals surface area contributed by atoms with E-state index in [1.165, 1.54) is 6.20 Å². The summed E-state index contributed by atoms with van der Waals surface area (Å²) in [5.74, 6) is -0.0715. The molecule has 1 aromatic heterocycles. The summed E-state index contributed by atoms with van der Waals surface area (Å²) in [7, 11) is 0. The first-order chi connectivity index (χ1) is 9.56. The van der Waals surface area contributed by atoms with Gasteiger partial charge in [0.25, 0.3) is 0 Å². The molecular weight excluding hydrogens is 324 g/mol. The zero-order valence-electron chi connectivity index (χ0n) is 10.7. The number of rotatable bonds is 5. The van der Waals surface area contributed by atoms with Crippen LogP contribution in [0, 0.1) is 6.92 Å². The van der Waals surface area contributed by atoms with Gasteiger partial charge in [-0.25, -0.2) is 9.97 Å². The maximum absolute atomic E-state index is 10.6. The van der Waals surface area contributed by atoms with Gasteiger partial charge in [0.2, 0.25) is 0 Å². The van der Waals surface area contributed by atoms with E-state index in [4.69, 9.17) is 5.11 Å². The first-order valence-corrected chi connectivity index (χ1v) is 6.65. The summed E-state index contributed by atoms with van der Waals surface area (Å²) in [6.07, 6.45) is 3.05. The van der Waals surface area contributed by atoms with Gasteiger partial charge < -0.3 is 15.7 Å². The van der Waals surface area contributed by atoms with E-state index < -0.39 is 5.97 Å². The lowest BCUT2D eigenvalue weighted by molar-refractivity contribution is -0.134. The Kier molecular flexibility index (Phi) is 4.52. The molecule has 0 aliphatic heterocycles. The van der Waals surface area contributed by atoms with Crippen LogP contribution in [0.1, 0.15) is 5.56 Å². The Morgan fingerprint density at radius 1 is 1.30 bits per heavy atom. The number of anilines is 3. The lowest BCUT2D eigenvalue weighted by Crippen LogP contribution is -2.14. The highest BCUT2D eigenvalue weighted by Gasteiger charge is 2.08. The van der Waals surface area contributed by atoms with Gasteiger partial charge in [-0.2, -0.15) is 0 Å². The molecule has 104 valence electrons. The maximum atomic E-state index is 10.6. The van der Waals surface area contributed by atoms with Crippen LogP contribution in [-0.4, -0.2) is 27.6 Å². The molecule has 0 saturated carbocycles. The summed E-state index contributed by atoms with van der Waals surface area (Å²) in [5.41, 5.74) is 1.92. The predicted octanol–water partition coefficient (Wildman–Crippen LogP) is 2.79. The van der Waals surface area contributed by atoms with Crippen molar-refractivity contribution in [2.75, 3.05) is 17.2 Å². The molecule has 0 aliphatic rings. The summed E-state index contributed by atoms with van der Waals surface area (Å²) >= 11 is 3.40. The number of aryl methyl sites for hydroxylation is 1. The molecule has 0 saturated heterocycles. The highest BCUT2D eigenvalue weighted by molar-refractivity contribution is 9.10. The van der Waals surface area contributed by atoms with Crippen molar-refractivity contribution in [3.63, 3.8) is 0 Å². The van der Waals surface area contributed by atoms with Gasteiger partial charge in [-0.1, -0.05) is 15.9 Å². The van der Waals surface area contributed by atoms with E-state index in [1.54, 1.807) is 6.20 Å². The van der Waals surface area contributed by atoms with E-state index in [9.17, 15) is 4.79 Å². The van der Waals surface area contributed by atoms with Crippen molar-refractivity contribution in [3.8, 4) is 0 Å². The normalized spacial score (nSPS) is 10.1. The molecule has 1 heterocycles. The SMILES string of the molecule is Cc1cc(Br)ccc1Nc1nccnc1NCC(=O)O. The number of carbonyl (C=O) groups is 1. The third kappa shape index (κ3) is 3.67. The van der Waals surface area contributed by atoms with Crippen molar-refractivity contribution >= 4 is 39.2 Å². The Hall–Kier alpha value is -2.15. The van der Waals surface area contributed by atoms with Crippen LogP contribution in [-0.2, 0) is 4.79 Å². The Morgan fingerprint density at radius 3 is 2.65 bits per heavy atom. The van der Waals surface area contributed by atoms with Crippen LogP contribution in [0.25, 0.3) is 0 Å². The Balaban J connectivity index is 2.22. The second kappa shape index (κ2) is 6.33. The number of nitrogens with one attached hydrogen (secondary N) is 2. The van der Waals surface area contributed by atoms with Crippen molar-refractivity contribution in [1.82, 2.24) is 9.97 Å². The van der Waals surface area contributed by atoms with Gasteiger partial charge in [-0.3, -0.25) is 4.79 Å². The van der Waals surface area contributed by atoms with E-state index in [-0.39, 0.29) is 6.54 Å². The quantitative estimate of drug-likeness (QED) is 0.778. The van der Waals surface area contributed by atoms with Crippen LogP contribution < -0.4 is 10.6 Å². The standard InChI is InChI=1S/C13H13BrN4O2/c1-8-6-9(14)2-3-10(8)18-13-12(15-4-5-16-13)17-7-11(19)20/h2-6H,7H2,1H3,(H,15,17)(H,16,18)(H,19,20). The number of aliphatic carboxylic acids is 1. The minimum Gasteiger partial charge on any atom is -0.480 e. The van der Waals surface area contributed by atoms with Gasteiger partial charge in [0.1, 0.15) is 6.54 Å². The lowest BCUT2D eigenvalue weighted by atomic mass is 10.2. The summed E-state index contributed by atoms with van der Waals surface area (Å²) in [5, 5.41) is 14.6. The van der Waals surface area contributed by atoms with Crippen molar-refractivity contribution in [3.05, 3.63) is 40.6 Å². The summed E-state index contributed by atoms with van der Waals surface area (Å²) < 4.78 is 0.990. The molecule has 2 aromatic rings. The summed E-state index contributed by atoms with van der Waals surface area (Å²) in [4.78, 5) is 18.9. The van der Waals surface area contributed by atoms with Gasteiger partial charge in [0, 0.05) is 22.6 Å². The fourth-order valence-corrected chi connectivity index (χ4v) is 2.09. The third-order valence-corrected chi connectivity index (χ3v) is 3.04. The smallest absolute Gasteiger partial charge is 0.322 e. The molecular formula is C13H13BrN4O2. The molecule has 0 bridgehead atoms. The molecule has 20 heavy (non-hydrogen) atoms. The van der Waals surface area contributed by atoms with E-state index in [2.05, 4.69) is 36.5 Å². The lowest BCUT2D eigenvalue weighted by Gasteiger charge is -2.12. The molecule has 0 spiro atoms. The topological polar surface area (TPSA) is 87.1 Å². The average molecular weight is 337 g/mol. The molecule has 2 rings (SSSR count). The van der Waals surface area contributed by atoms with E-state index in [0.29, 0.717) is 11.6 Å². The van der Waals surface area contributed by atoms with Crippen LogP contribution in [0.3, 0.4) is 0 Å². The largest absolute Gasteiger partial charge is 0.480 e. The first-order valence-electron chi connectivity index (χ1n) is 5.86.